The lowest BCUT2D eigenvalue weighted by atomic mass is 9.97. The van der Waals surface area contributed by atoms with Crippen molar-refractivity contribution < 1.29 is 19.2 Å². The first-order chi connectivity index (χ1) is 12.6. The minimum Gasteiger partial charge on any atom is -0.496 e. The van der Waals surface area contributed by atoms with Crippen molar-refractivity contribution in [2.75, 3.05) is 26.8 Å². The van der Waals surface area contributed by atoms with Crippen molar-refractivity contribution in [2.24, 2.45) is 5.92 Å². The molecule has 1 N–H and O–H groups in total. The lowest BCUT2D eigenvalue weighted by molar-refractivity contribution is 0.0780. The average molecular weight is 357 g/mol. The maximum Gasteiger partial charge on any atom is 0.254 e. The molecule has 2 atom stereocenters. The second-order valence-corrected chi connectivity index (χ2v) is 7.16. The molecule has 1 saturated heterocycles. The van der Waals surface area contributed by atoms with Gasteiger partial charge in [-0.1, -0.05) is 11.2 Å². The predicted octanol–water partition coefficient (Wildman–Crippen LogP) is 2.11. The molecule has 2 aliphatic rings. The van der Waals surface area contributed by atoms with E-state index in [2.05, 4.69) is 10.1 Å². The highest BCUT2D eigenvalue weighted by Crippen LogP contribution is 2.40. The van der Waals surface area contributed by atoms with Crippen LogP contribution in [0.25, 0.3) is 0 Å². The van der Waals surface area contributed by atoms with E-state index in [0.717, 1.165) is 24.2 Å². The van der Waals surface area contributed by atoms with Crippen molar-refractivity contribution in [3.63, 3.8) is 0 Å². The van der Waals surface area contributed by atoms with Gasteiger partial charge >= 0.3 is 0 Å². The Kier molecular flexibility index (Phi) is 4.40. The van der Waals surface area contributed by atoms with Gasteiger partial charge < -0.3 is 19.3 Å². The summed E-state index contributed by atoms with van der Waals surface area (Å²) in [6.45, 7) is 2.79. The highest BCUT2D eigenvalue weighted by Gasteiger charge is 2.40. The van der Waals surface area contributed by atoms with Crippen LogP contribution in [0.2, 0.25) is 0 Å². The number of nitrogens with zero attached hydrogens (tertiary/aromatic N) is 3. The zero-order valence-electron chi connectivity index (χ0n) is 15.0. The Morgan fingerprint density at radius 3 is 2.88 bits per heavy atom. The topological polar surface area (TPSA) is 88.7 Å². The Hall–Kier alpha value is -2.41. The quantitative estimate of drug-likeness (QED) is 0.882. The van der Waals surface area contributed by atoms with Gasteiger partial charge in [-0.15, -0.1) is 0 Å². The number of aliphatic hydroxyl groups is 1. The Morgan fingerprint density at radius 1 is 1.38 bits per heavy atom. The molecule has 1 aromatic carbocycles. The zero-order chi connectivity index (χ0) is 18.3. The molecule has 0 spiro atoms. The molecular weight excluding hydrogens is 334 g/mol. The lowest BCUT2D eigenvalue weighted by Crippen LogP contribution is -2.29. The van der Waals surface area contributed by atoms with Crippen molar-refractivity contribution in [2.45, 2.75) is 31.6 Å². The van der Waals surface area contributed by atoms with E-state index >= 15 is 0 Å². The first-order valence-corrected chi connectivity index (χ1v) is 8.99. The molecule has 26 heavy (non-hydrogen) atoms. The van der Waals surface area contributed by atoms with E-state index in [1.807, 2.05) is 19.1 Å². The maximum atomic E-state index is 13.0. The second-order valence-electron chi connectivity index (χ2n) is 7.16. The van der Waals surface area contributed by atoms with E-state index in [4.69, 9.17) is 9.26 Å². The first kappa shape index (κ1) is 17.0. The number of aliphatic hydroxyl groups excluding tert-OH is 1. The van der Waals surface area contributed by atoms with Crippen LogP contribution >= 0.6 is 0 Å². The molecule has 2 heterocycles. The van der Waals surface area contributed by atoms with Crippen LogP contribution in [0.5, 0.6) is 5.75 Å². The third-order valence-electron chi connectivity index (χ3n) is 5.41. The Balaban J connectivity index is 1.55. The van der Waals surface area contributed by atoms with E-state index in [0.29, 0.717) is 36.2 Å². The number of rotatable bonds is 5. The van der Waals surface area contributed by atoms with Gasteiger partial charge in [-0.3, -0.25) is 4.79 Å². The normalized spacial score (nSPS) is 22.7. The molecule has 1 aromatic heterocycles. The molecule has 138 valence electrons. The summed E-state index contributed by atoms with van der Waals surface area (Å²) in [6.07, 6.45) is 2.21. The summed E-state index contributed by atoms with van der Waals surface area (Å²) >= 11 is 0. The van der Waals surface area contributed by atoms with Gasteiger partial charge in [-0.2, -0.15) is 4.98 Å². The van der Waals surface area contributed by atoms with Crippen molar-refractivity contribution in [3.05, 3.63) is 41.0 Å². The van der Waals surface area contributed by atoms with Gasteiger partial charge in [-0.25, -0.2) is 0 Å². The Morgan fingerprint density at radius 2 is 2.19 bits per heavy atom. The molecule has 2 aromatic rings. The van der Waals surface area contributed by atoms with Crippen LogP contribution in [0.3, 0.4) is 0 Å². The fourth-order valence-corrected chi connectivity index (χ4v) is 3.64. The largest absolute Gasteiger partial charge is 0.496 e. The molecule has 0 radical (unpaired) electrons. The molecule has 1 aliphatic carbocycles. The summed E-state index contributed by atoms with van der Waals surface area (Å²) in [5.41, 5.74) is 1.43. The predicted molar refractivity (Wildman–Crippen MR) is 93.2 cm³/mol. The number of aromatic nitrogens is 2. The van der Waals surface area contributed by atoms with Gasteiger partial charge in [0, 0.05) is 42.7 Å². The van der Waals surface area contributed by atoms with Crippen LogP contribution in [0.1, 0.15) is 52.3 Å². The van der Waals surface area contributed by atoms with Gasteiger partial charge in [0.2, 0.25) is 5.89 Å². The van der Waals surface area contributed by atoms with Crippen LogP contribution in [-0.2, 0) is 0 Å². The van der Waals surface area contributed by atoms with Crippen molar-refractivity contribution in [1.82, 2.24) is 15.0 Å². The van der Waals surface area contributed by atoms with Crippen molar-refractivity contribution in [3.8, 4) is 5.75 Å². The molecule has 7 heteroatoms. The summed E-state index contributed by atoms with van der Waals surface area (Å²) in [5.74, 6) is 2.10. The minimum absolute atomic E-state index is 0.0211. The molecule has 0 bridgehead atoms. The maximum absolute atomic E-state index is 13.0. The summed E-state index contributed by atoms with van der Waals surface area (Å²) in [4.78, 5) is 19.3. The molecule has 1 saturated carbocycles. The smallest absolute Gasteiger partial charge is 0.254 e. The van der Waals surface area contributed by atoms with Gasteiger partial charge in [-0.05, 0) is 31.9 Å². The van der Waals surface area contributed by atoms with Gasteiger partial charge in [0.15, 0.2) is 5.82 Å². The lowest BCUT2D eigenvalue weighted by Gasteiger charge is -2.18. The Labute approximate surface area is 152 Å². The number of ether oxygens (including phenoxy) is 1. The number of amides is 1. The highest BCUT2D eigenvalue weighted by molar-refractivity contribution is 5.96. The van der Waals surface area contributed by atoms with Crippen LogP contribution < -0.4 is 4.74 Å². The average Bonchev–Trinajstić information content (AvgIpc) is 3.23. The number of methoxy groups -OCH3 is 1. The van der Waals surface area contributed by atoms with E-state index in [1.165, 1.54) is 0 Å². The van der Waals surface area contributed by atoms with Crippen molar-refractivity contribution in [1.29, 1.82) is 0 Å². The van der Waals surface area contributed by atoms with E-state index in [9.17, 15) is 9.90 Å². The molecule has 4 rings (SSSR count). The van der Waals surface area contributed by atoms with Crippen LogP contribution in [0, 0.1) is 12.8 Å². The summed E-state index contributed by atoms with van der Waals surface area (Å²) in [5, 5.41) is 13.9. The fourth-order valence-electron chi connectivity index (χ4n) is 3.64. The van der Waals surface area contributed by atoms with E-state index in [1.54, 1.807) is 18.1 Å². The molecule has 1 amide bonds. The molecule has 2 fully saturated rings. The number of hydrogen-bond donors (Lipinski definition) is 1. The van der Waals surface area contributed by atoms with Crippen molar-refractivity contribution >= 4 is 5.91 Å². The number of carbonyl (C=O) groups is 1. The standard InChI is InChI=1S/C19H23N3O4/c1-11-14(4-3-5-16(11)25-2)19(24)22-8-13(10-23)15(9-22)18-20-17(21-26-18)12-6-7-12/h3-5,12-13,15,23H,6-10H2,1-2H3/t13-,15+/m0/s1. The summed E-state index contributed by atoms with van der Waals surface area (Å²) < 4.78 is 10.8. The zero-order valence-corrected chi connectivity index (χ0v) is 15.0. The number of carbonyl (C=O) groups excluding carboxylic acids is 1. The fraction of sp³-hybridized carbons (Fsp3) is 0.526. The number of hydrogen-bond acceptors (Lipinski definition) is 6. The van der Waals surface area contributed by atoms with E-state index < -0.39 is 0 Å². The molecule has 0 unspecified atom stereocenters. The molecular formula is C19H23N3O4. The third kappa shape index (κ3) is 2.96. The first-order valence-electron chi connectivity index (χ1n) is 8.99. The van der Waals surface area contributed by atoms with Gasteiger partial charge in [0.25, 0.3) is 5.91 Å². The number of benzene rings is 1. The summed E-state index contributed by atoms with van der Waals surface area (Å²) in [7, 11) is 1.59. The number of likely N-dealkylation sites (tertiary alicyclic amines) is 1. The van der Waals surface area contributed by atoms with Gasteiger partial charge in [0.1, 0.15) is 5.75 Å². The molecule has 7 nitrogen and oxygen atoms in total. The van der Waals surface area contributed by atoms with Crippen LogP contribution in [-0.4, -0.2) is 52.9 Å². The summed E-state index contributed by atoms with van der Waals surface area (Å²) in [6, 6.07) is 5.46. The van der Waals surface area contributed by atoms with E-state index in [-0.39, 0.29) is 24.3 Å². The van der Waals surface area contributed by atoms with Crippen LogP contribution in [0.4, 0.5) is 0 Å². The highest BCUT2D eigenvalue weighted by atomic mass is 16.5. The SMILES string of the molecule is COc1cccc(C(=O)N2C[C@@H](CO)[C@H](c3nc(C4CC4)no3)C2)c1C. The van der Waals surface area contributed by atoms with Crippen LogP contribution in [0.15, 0.2) is 22.7 Å². The molecule has 1 aliphatic heterocycles. The second kappa shape index (κ2) is 6.72. The van der Waals surface area contributed by atoms with Gasteiger partial charge in [0.05, 0.1) is 13.0 Å². The monoisotopic (exact) mass is 357 g/mol. The third-order valence-corrected chi connectivity index (χ3v) is 5.41. The Bertz CT molecular complexity index is 815. The minimum atomic E-state index is -0.130.